The average Bonchev–Trinajstić information content (AvgIpc) is 2.45. The molecular weight excluding hydrogens is 284 g/mol. The largest absolute Gasteiger partial charge is 0.313 e. The van der Waals surface area contributed by atoms with Gasteiger partial charge in [0.1, 0.15) is 0 Å². The van der Waals surface area contributed by atoms with E-state index in [4.69, 9.17) is 0 Å². The molecule has 0 aliphatic rings. The van der Waals surface area contributed by atoms with Crippen molar-refractivity contribution in [3.8, 4) is 0 Å². The van der Waals surface area contributed by atoms with Crippen LogP contribution in [-0.4, -0.2) is 32.9 Å². The van der Waals surface area contributed by atoms with Gasteiger partial charge >= 0.3 is 0 Å². The van der Waals surface area contributed by atoms with Gasteiger partial charge in [0.05, 0.1) is 4.90 Å². The van der Waals surface area contributed by atoms with Gasteiger partial charge < -0.3 is 5.32 Å². The molecular formula is C16H28N2O2S. The number of nitrogens with zero attached hydrogens (tertiary/aromatic N) is 1. The van der Waals surface area contributed by atoms with Crippen molar-refractivity contribution in [3.05, 3.63) is 29.3 Å². The van der Waals surface area contributed by atoms with Gasteiger partial charge in [-0.25, -0.2) is 12.7 Å². The standard InChI is InChI=1S/C16H28N2O2S/c1-6-13(3)12-18(5)21(19,20)16-10-8-9-15(14(16)4)11-17-7-2/h8-10,13,17H,6-7,11-12H2,1-5H3. The molecule has 0 bridgehead atoms. The van der Waals surface area contributed by atoms with Crippen LogP contribution in [0, 0.1) is 12.8 Å². The van der Waals surface area contributed by atoms with Crippen LogP contribution in [0.25, 0.3) is 0 Å². The first-order valence-corrected chi connectivity index (χ1v) is 9.04. The third-order valence-electron chi connectivity index (χ3n) is 3.92. The summed E-state index contributed by atoms with van der Waals surface area (Å²) in [5.74, 6) is 0.357. The van der Waals surface area contributed by atoms with Gasteiger partial charge in [-0.3, -0.25) is 0 Å². The summed E-state index contributed by atoms with van der Waals surface area (Å²) in [6, 6.07) is 5.50. The normalized spacial score (nSPS) is 13.6. The molecule has 0 amide bonds. The third-order valence-corrected chi connectivity index (χ3v) is 5.88. The van der Waals surface area contributed by atoms with Crippen LogP contribution in [0.2, 0.25) is 0 Å². The molecule has 1 unspecified atom stereocenters. The van der Waals surface area contributed by atoms with E-state index in [0.29, 0.717) is 23.9 Å². The molecule has 0 radical (unpaired) electrons. The van der Waals surface area contributed by atoms with Crippen molar-refractivity contribution < 1.29 is 8.42 Å². The minimum atomic E-state index is -3.42. The fourth-order valence-electron chi connectivity index (χ4n) is 2.22. The van der Waals surface area contributed by atoms with Crippen molar-refractivity contribution in [2.45, 2.75) is 45.6 Å². The predicted octanol–water partition coefficient (Wildman–Crippen LogP) is 2.77. The van der Waals surface area contributed by atoms with Crippen molar-refractivity contribution in [2.75, 3.05) is 20.1 Å². The molecule has 0 aliphatic heterocycles. The zero-order valence-corrected chi connectivity index (χ0v) is 14.6. The van der Waals surface area contributed by atoms with Gasteiger partial charge in [-0.15, -0.1) is 0 Å². The van der Waals surface area contributed by atoms with Gasteiger partial charge in [-0.05, 0) is 36.6 Å². The van der Waals surface area contributed by atoms with E-state index in [0.717, 1.165) is 24.1 Å². The second-order valence-corrected chi connectivity index (χ2v) is 7.63. The number of sulfonamides is 1. The third kappa shape index (κ3) is 4.53. The Labute approximate surface area is 129 Å². The number of benzene rings is 1. The molecule has 1 aromatic carbocycles. The van der Waals surface area contributed by atoms with Crippen molar-refractivity contribution in [1.29, 1.82) is 0 Å². The molecule has 0 aliphatic carbocycles. The lowest BCUT2D eigenvalue weighted by Crippen LogP contribution is -2.31. The predicted molar refractivity (Wildman–Crippen MR) is 87.8 cm³/mol. The number of hydrogen-bond acceptors (Lipinski definition) is 3. The summed E-state index contributed by atoms with van der Waals surface area (Å²) in [7, 11) is -1.75. The number of nitrogens with one attached hydrogen (secondary N) is 1. The summed E-state index contributed by atoms with van der Waals surface area (Å²) < 4.78 is 26.9. The maximum Gasteiger partial charge on any atom is 0.243 e. The first kappa shape index (κ1) is 18.1. The van der Waals surface area contributed by atoms with Crippen molar-refractivity contribution in [1.82, 2.24) is 9.62 Å². The number of rotatable bonds is 8. The minimum absolute atomic E-state index is 0.357. The Morgan fingerprint density at radius 2 is 1.95 bits per heavy atom. The quantitative estimate of drug-likeness (QED) is 0.803. The molecule has 4 nitrogen and oxygen atoms in total. The van der Waals surface area contributed by atoms with Gasteiger partial charge in [-0.2, -0.15) is 0 Å². The Hall–Kier alpha value is -0.910. The summed E-state index contributed by atoms with van der Waals surface area (Å²) in [6.07, 6.45) is 0.972. The van der Waals surface area contributed by atoms with E-state index in [2.05, 4.69) is 19.2 Å². The van der Waals surface area contributed by atoms with E-state index in [1.165, 1.54) is 4.31 Å². The summed E-state index contributed by atoms with van der Waals surface area (Å²) >= 11 is 0. The van der Waals surface area contributed by atoms with Gasteiger partial charge in [0.25, 0.3) is 0 Å². The molecule has 0 fully saturated rings. The van der Waals surface area contributed by atoms with Crippen LogP contribution < -0.4 is 5.32 Å². The molecule has 5 heteroatoms. The molecule has 1 N–H and O–H groups in total. The van der Waals surface area contributed by atoms with E-state index in [-0.39, 0.29) is 0 Å². The Morgan fingerprint density at radius 3 is 2.52 bits per heavy atom. The van der Waals surface area contributed by atoms with Crippen LogP contribution in [0.5, 0.6) is 0 Å². The Kier molecular flexibility index (Phi) is 6.84. The fourth-order valence-corrected chi connectivity index (χ4v) is 3.78. The zero-order chi connectivity index (χ0) is 16.0. The molecule has 21 heavy (non-hydrogen) atoms. The highest BCUT2D eigenvalue weighted by atomic mass is 32.2. The van der Waals surface area contributed by atoms with Crippen molar-refractivity contribution >= 4 is 10.0 Å². The second-order valence-electron chi connectivity index (χ2n) is 5.62. The minimum Gasteiger partial charge on any atom is -0.313 e. The van der Waals surface area contributed by atoms with Gasteiger partial charge in [0.2, 0.25) is 10.0 Å². The van der Waals surface area contributed by atoms with Crippen LogP contribution in [0.15, 0.2) is 23.1 Å². The summed E-state index contributed by atoms with van der Waals surface area (Å²) in [5.41, 5.74) is 1.88. The lowest BCUT2D eigenvalue weighted by Gasteiger charge is -2.22. The molecule has 0 spiro atoms. The number of hydrogen-bond donors (Lipinski definition) is 1. The van der Waals surface area contributed by atoms with Crippen LogP contribution in [0.4, 0.5) is 0 Å². The monoisotopic (exact) mass is 312 g/mol. The molecule has 0 saturated carbocycles. The smallest absolute Gasteiger partial charge is 0.243 e. The Bertz CT molecular complexity index is 555. The highest BCUT2D eigenvalue weighted by Crippen LogP contribution is 2.23. The molecule has 0 heterocycles. The zero-order valence-electron chi connectivity index (χ0n) is 13.8. The summed E-state index contributed by atoms with van der Waals surface area (Å²) in [4.78, 5) is 0.420. The van der Waals surface area contributed by atoms with Crippen LogP contribution in [-0.2, 0) is 16.6 Å². The highest BCUT2D eigenvalue weighted by Gasteiger charge is 2.24. The molecule has 1 aromatic rings. The van der Waals surface area contributed by atoms with E-state index >= 15 is 0 Å². The topological polar surface area (TPSA) is 49.4 Å². The lowest BCUT2D eigenvalue weighted by molar-refractivity contribution is 0.393. The average molecular weight is 312 g/mol. The molecule has 120 valence electrons. The van der Waals surface area contributed by atoms with Crippen LogP contribution in [0.1, 0.15) is 38.3 Å². The van der Waals surface area contributed by atoms with E-state index in [1.807, 2.05) is 26.0 Å². The first-order chi connectivity index (χ1) is 9.84. The van der Waals surface area contributed by atoms with E-state index < -0.39 is 10.0 Å². The Balaban J connectivity index is 3.08. The maximum atomic E-state index is 12.7. The van der Waals surface area contributed by atoms with Crippen LogP contribution >= 0.6 is 0 Å². The molecule has 0 aromatic heterocycles. The molecule has 1 rings (SSSR count). The Morgan fingerprint density at radius 1 is 1.29 bits per heavy atom. The van der Waals surface area contributed by atoms with Crippen molar-refractivity contribution in [2.24, 2.45) is 5.92 Å². The van der Waals surface area contributed by atoms with E-state index in [1.54, 1.807) is 13.1 Å². The van der Waals surface area contributed by atoms with Gasteiger partial charge in [0, 0.05) is 20.1 Å². The maximum absolute atomic E-state index is 12.7. The molecule has 1 atom stereocenters. The second kappa shape index (κ2) is 7.92. The van der Waals surface area contributed by atoms with Gasteiger partial charge in [-0.1, -0.05) is 39.3 Å². The fraction of sp³-hybridized carbons (Fsp3) is 0.625. The highest BCUT2D eigenvalue weighted by molar-refractivity contribution is 7.89. The van der Waals surface area contributed by atoms with Crippen LogP contribution in [0.3, 0.4) is 0 Å². The molecule has 0 saturated heterocycles. The SMILES string of the molecule is CCNCc1cccc(S(=O)(=O)N(C)CC(C)CC)c1C. The van der Waals surface area contributed by atoms with Crippen molar-refractivity contribution in [3.63, 3.8) is 0 Å². The summed E-state index contributed by atoms with van der Waals surface area (Å²) in [5, 5.41) is 3.25. The first-order valence-electron chi connectivity index (χ1n) is 7.60. The summed E-state index contributed by atoms with van der Waals surface area (Å²) in [6.45, 7) is 10.2. The van der Waals surface area contributed by atoms with Gasteiger partial charge in [0.15, 0.2) is 0 Å². The van der Waals surface area contributed by atoms with E-state index in [9.17, 15) is 8.42 Å². The lowest BCUT2D eigenvalue weighted by atomic mass is 10.1.